The van der Waals surface area contributed by atoms with Gasteiger partial charge in [-0.05, 0) is 51.2 Å². The lowest BCUT2D eigenvalue weighted by Gasteiger charge is -2.19. The quantitative estimate of drug-likeness (QED) is 0.804. The summed E-state index contributed by atoms with van der Waals surface area (Å²) in [5.74, 6) is -0.756. The Kier molecular flexibility index (Phi) is 3.46. The van der Waals surface area contributed by atoms with Crippen LogP contribution < -0.4 is 4.90 Å². The molecule has 0 N–H and O–H groups in total. The minimum absolute atomic E-state index is 0.175. The normalized spacial score (nSPS) is 19.3. The molecule has 1 aromatic rings. The molecule has 1 aliphatic heterocycles. The van der Waals surface area contributed by atoms with E-state index in [0.29, 0.717) is 16.8 Å². The number of ether oxygens (including phenoxy) is 1. The Hall–Kier alpha value is -1.91. The fourth-order valence-corrected chi connectivity index (χ4v) is 3.16. The van der Waals surface area contributed by atoms with Crippen LogP contribution >= 0.6 is 0 Å². The monoisotopic (exact) mass is 305 g/mol. The molecule has 1 amide bonds. The molecule has 22 heavy (non-hydrogen) atoms. The molecule has 2 aliphatic rings. The number of carbonyl (C=O) groups excluding carboxylic acids is 2. The number of anilines is 1. The Bertz CT molecular complexity index is 650. The van der Waals surface area contributed by atoms with Crippen molar-refractivity contribution >= 4 is 17.6 Å². The Morgan fingerprint density at radius 1 is 1.41 bits per heavy atom. The van der Waals surface area contributed by atoms with E-state index < -0.39 is 11.4 Å². The lowest BCUT2D eigenvalue weighted by molar-refractivity contribution is -0.142. The molecule has 3 rings (SSSR count). The fraction of sp³-hybridized carbons (Fsp3) is 0.529. The molecule has 0 unspecified atom stereocenters. The topological polar surface area (TPSA) is 46.6 Å². The van der Waals surface area contributed by atoms with Crippen molar-refractivity contribution in [1.29, 1.82) is 0 Å². The van der Waals surface area contributed by atoms with E-state index in [2.05, 4.69) is 0 Å². The minimum Gasteiger partial charge on any atom is -0.465 e. The third kappa shape index (κ3) is 2.19. The molecular formula is C17H20FNO3. The fourth-order valence-electron chi connectivity index (χ4n) is 3.16. The Morgan fingerprint density at radius 3 is 2.68 bits per heavy atom. The summed E-state index contributed by atoms with van der Waals surface area (Å²) in [4.78, 5) is 25.7. The number of carbonyl (C=O) groups is 2. The van der Waals surface area contributed by atoms with Gasteiger partial charge in [0.2, 0.25) is 5.91 Å². The number of amides is 1. The molecule has 0 aromatic heterocycles. The van der Waals surface area contributed by atoms with Crippen molar-refractivity contribution in [1.82, 2.24) is 0 Å². The van der Waals surface area contributed by atoms with E-state index in [-0.39, 0.29) is 30.8 Å². The number of hydrogen-bond acceptors (Lipinski definition) is 3. The van der Waals surface area contributed by atoms with Crippen molar-refractivity contribution < 1.29 is 18.7 Å². The highest BCUT2D eigenvalue weighted by Gasteiger charge is 2.47. The van der Waals surface area contributed by atoms with E-state index in [0.717, 1.165) is 12.8 Å². The van der Waals surface area contributed by atoms with Gasteiger partial charge in [0.1, 0.15) is 12.4 Å². The second kappa shape index (κ2) is 5.07. The molecule has 0 spiro atoms. The second-order valence-corrected chi connectivity index (χ2v) is 6.46. The Labute approximate surface area is 129 Å². The lowest BCUT2D eigenvalue weighted by atomic mass is 9.84. The van der Waals surface area contributed by atoms with Gasteiger partial charge in [-0.3, -0.25) is 9.59 Å². The second-order valence-electron chi connectivity index (χ2n) is 6.46. The Morgan fingerprint density at radius 2 is 2.09 bits per heavy atom. The zero-order valence-electron chi connectivity index (χ0n) is 13.1. The maximum atomic E-state index is 14.9. The first-order valence-electron chi connectivity index (χ1n) is 7.68. The average molecular weight is 305 g/mol. The molecule has 1 fully saturated rings. The summed E-state index contributed by atoms with van der Waals surface area (Å²) in [6, 6.07) is 3.51. The highest BCUT2D eigenvalue weighted by atomic mass is 19.1. The summed E-state index contributed by atoms with van der Waals surface area (Å²) in [6.45, 7) is 5.21. The van der Waals surface area contributed by atoms with Crippen LogP contribution in [0.2, 0.25) is 0 Å². The third-order valence-electron chi connectivity index (χ3n) is 4.46. The maximum Gasteiger partial charge on any atom is 0.326 e. The van der Waals surface area contributed by atoms with E-state index in [9.17, 15) is 14.0 Å². The van der Waals surface area contributed by atoms with Gasteiger partial charge in [0.25, 0.3) is 0 Å². The van der Waals surface area contributed by atoms with Crippen LogP contribution in [0.3, 0.4) is 0 Å². The van der Waals surface area contributed by atoms with Crippen molar-refractivity contribution in [2.24, 2.45) is 0 Å². The number of rotatable bonds is 4. The van der Waals surface area contributed by atoms with Crippen LogP contribution in [0.4, 0.5) is 10.1 Å². The van der Waals surface area contributed by atoms with Crippen LogP contribution in [0.5, 0.6) is 0 Å². The summed E-state index contributed by atoms with van der Waals surface area (Å²) < 4.78 is 19.8. The van der Waals surface area contributed by atoms with Gasteiger partial charge in [-0.2, -0.15) is 0 Å². The number of hydrogen-bond donors (Lipinski definition) is 0. The predicted octanol–water partition coefficient (Wildman–Crippen LogP) is 2.89. The molecule has 118 valence electrons. The van der Waals surface area contributed by atoms with Crippen molar-refractivity contribution in [2.75, 3.05) is 18.1 Å². The van der Waals surface area contributed by atoms with Gasteiger partial charge >= 0.3 is 5.97 Å². The molecule has 4 nitrogen and oxygen atoms in total. The van der Waals surface area contributed by atoms with E-state index >= 15 is 0 Å². The van der Waals surface area contributed by atoms with E-state index in [1.807, 2.05) is 0 Å². The first-order valence-corrected chi connectivity index (χ1v) is 7.68. The van der Waals surface area contributed by atoms with Gasteiger partial charge in [-0.25, -0.2) is 4.39 Å². The number of nitrogens with zero attached hydrogens (tertiary/aromatic N) is 1. The van der Waals surface area contributed by atoms with Gasteiger partial charge in [0.05, 0.1) is 17.7 Å². The molecule has 1 aliphatic carbocycles. The van der Waals surface area contributed by atoms with Gasteiger partial charge in [-0.1, -0.05) is 6.07 Å². The van der Waals surface area contributed by atoms with Crippen molar-refractivity contribution in [3.8, 4) is 0 Å². The number of halogens is 1. The van der Waals surface area contributed by atoms with E-state index in [4.69, 9.17) is 4.74 Å². The zero-order chi connectivity index (χ0) is 16.1. The van der Waals surface area contributed by atoms with Crippen LogP contribution in [-0.4, -0.2) is 25.0 Å². The highest BCUT2D eigenvalue weighted by molar-refractivity contribution is 6.09. The summed E-state index contributed by atoms with van der Waals surface area (Å²) >= 11 is 0. The molecule has 1 saturated carbocycles. The largest absolute Gasteiger partial charge is 0.465 e. The van der Waals surface area contributed by atoms with Crippen LogP contribution in [0.1, 0.15) is 50.7 Å². The number of benzene rings is 1. The number of esters is 1. The Balaban J connectivity index is 2.02. The molecule has 0 bridgehead atoms. The summed E-state index contributed by atoms with van der Waals surface area (Å²) in [5, 5.41) is 0. The predicted molar refractivity (Wildman–Crippen MR) is 80.4 cm³/mol. The van der Waals surface area contributed by atoms with Crippen LogP contribution in [0, 0.1) is 5.82 Å². The molecule has 0 saturated heterocycles. The van der Waals surface area contributed by atoms with Gasteiger partial charge in [-0.15, -0.1) is 0 Å². The molecule has 1 aromatic carbocycles. The minimum atomic E-state index is -0.961. The van der Waals surface area contributed by atoms with Crippen LogP contribution in [-0.2, 0) is 19.7 Å². The summed E-state index contributed by atoms with van der Waals surface area (Å²) in [7, 11) is 0. The van der Waals surface area contributed by atoms with Crippen molar-refractivity contribution in [2.45, 2.75) is 44.9 Å². The number of fused-ring (bicyclic) bond motifs is 1. The van der Waals surface area contributed by atoms with Crippen molar-refractivity contribution in [3.63, 3.8) is 0 Å². The zero-order valence-corrected chi connectivity index (χ0v) is 13.1. The van der Waals surface area contributed by atoms with Crippen molar-refractivity contribution in [3.05, 3.63) is 29.1 Å². The maximum absolute atomic E-state index is 14.9. The smallest absolute Gasteiger partial charge is 0.326 e. The standard InChI is InChI=1S/C17H20FNO3/c1-4-22-13(20)9-19-12-8-7-11(10-5-6-10)15(18)14(12)17(2,3)16(19)21/h7-8,10H,4-6,9H2,1-3H3. The molecule has 0 atom stereocenters. The third-order valence-corrected chi connectivity index (χ3v) is 4.46. The van der Waals surface area contributed by atoms with Crippen LogP contribution in [0.25, 0.3) is 0 Å². The lowest BCUT2D eigenvalue weighted by Crippen LogP contribution is -2.39. The molecule has 5 heteroatoms. The van der Waals surface area contributed by atoms with Gasteiger partial charge < -0.3 is 9.64 Å². The van der Waals surface area contributed by atoms with Gasteiger partial charge in [0, 0.05) is 5.56 Å². The average Bonchev–Trinajstić information content (AvgIpc) is 3.25. The first kappa shape index (κ1) is 15.0. The summed E-state index contributed by atoms with van der Waals surface area (Å²) in [5.41, 5.74) is 0.630. The molecule has 1 heterocycles. The van der Waals surface area contributed by atoms with E-state index in [1.54, 1.807) is 32.9 Å². The van der Waals surface area contributed by atoms with Gasteiger partial charge in [0.15, 0.2) is 0 Å². The van der Waals surface area contributed by atoms with Crippen LogP contribution in [0.15, 0.2) is 12.1 Å². The molecule has 0 radical (unpaired) electrons. The highest BCUT2D eigenvalue weighted by Crippen LogP contribution is 2.48. The summed E-state index contributed by atoms with van der Waals surface area (Å²) in [6.07, 6.45) is 1.99. The van der Waals surface area contributed by atoms with E-state index in [1.165, 1.54) is 4.90 Å². The first-order chi connectivity index (χ1) is 10.4. The SMILES string of the molecule is CCOC(=O)CN1C(=O)C(C)(C)c2c1ccc(C1CC1)c2F. The molecular weight excluding hydrogens is 285 g/mol.